The highest BCUT2D eigenvalue weighted by molar-refractivity contribution is 8.15. The molecule has 6 heteroatoms. The number of anilines is 1. The Morgan fingerprint density at radius 3 is 3.05 bits per heavy atom. The topological polar surface area (TPSA) is 61.8 Å². The zero-order valence-electron chi connectivity index (χ0n) is 12.8. The average Bonchev–Trinajstić information content (AvgIpc) is 2.81. The van der Waals surface area contributed by atoms with E-state index in [4.69, 9.17) is 0 Å². The Kier molecular flexibility index (Phi) is 4.20. The minimum Gasteiger partial charge on any atom is -0.326 e. The van der Waals surface area contributed by atoms with Crippen LogP contribution in [0.2, 0.25) is 0 Å². The summed E-state index contributed by atoms with van der Waals surface area (Å²) in [4.78, 5) is 30.6. The first-order valence-corrected chi connectivity index (χ1v) is 8.33. The Labute approximate surface area is 134 Å². The maximum absolute atomic E-state index is 12.3. The van der Waals surface area contributed by atoms with Gasteiger partial charge in [0.05, 0.1) is 0 Å². The summed E-state index contributed by atoms with van der Waals surface area (Å²) in [5, 5.41) is 3.35. The number of benzene rings is 1. The van der Waals surface area contributed by atoms with Gasteiger partial charge in [0, 0.05) is 25.2 Å². The Morgan fingerprint density at radius 2 is 2.27 bits per heavy atom. The molecular weight excluding hydrogens is 298 g/mol. The number of thioether (sulfide) groups is 1. The smallest absolute Gasteiger partial charge is 0.242 e. The van der Waals surface area contributed by atoms with E-state index in [1.807, 2.05) is 32.0 Å². The number of aryl methyl sites for hydroxylation is 1. The van der Waals surface area contributed by atoms with Crippen molar-refractivity contribution >= 4 is 34.4 Å². The molecule has 1 fully saturated rings. The summed E-state index contributed by atoms with van der Waals surface area (Å²) in [7, 11) is 0. The van der Waals surface area contributed by atoms with Crippen LogP contribution in [0.3, 0.4) is 0 Å². The van der Waals surface area contributed by atoms with Gasteiger partial charge in [0.15, 0.2) is 5.17 Å². The Bertz CT molecular complexity index is 657. The van der Waals surface area contributed by atoms with E-state index in [0.717, 1.165) is 41.5 Å². The summed E-state index contributed by atoms with van der Waals surface area (Å²) in [6, 6.07) is 5.82. The van der Waals surface area contributed by atoms with Crippen LogP contribution in [0.4, 0.5) is 5.69 Å². The maximum Gasteiger partial charge on any atom is 0.242 e. The van der Waals surface area contributed by atoms with Crippen molar-refractivity contribution in [1.82, 2.24) is 4.90 Å². The Balaban J connectivity index is 1.65. The predicted molar refractivity (Wildman–Crippen MR) is 89.2 cm³/mol. The molecule has 3 rings (SSSR count). The molecule has 0 radical (unpaired) electrons. The van der Waals surface area contributed by atoms with E-state index in [9.17, 15) is 9.59 Å². The second-order valence-electron chi connectivity index (χ2n) is 5.61. The number of rotatable bonds is 3. The number of carbonyl (C=O) groups excluding carboxylic acids is 2. The molecule has 1 N–H and O–H groups in total. The summed E-state index contributed by atoms with van der Waals surface area (Å²) < 4.78 is 0. The molecule has 1 aromatic rings. The molecule has 1 saturated heterocycles. The number of nitrogens with one attached hydrogen (secondary N) is 1. The van der Waals surface area contributed by atoms with Crippen molar-refractivity contribution in [3.8, 4) is 0 Å². The number of hydrogen-bond acceptors (Lipinski definition) is 4. The lowest BCUT2D eigenvalue weighted by Gasteiger charge is -2.19. The van der Waals surface area contributed by atoms with Crippen molar-refractivity contribution in [2.75, 3.05) is 18.4 Å². The number of carbonyl (C=O) groups is 2. The fourth-order valence-corrected chi connectivity index (χ4v) is 3.82. The first kappa shape index (κ1) is 15.1. The molecule has 2 aliphatic rings. The number of hydrogen-bond donors (Lipinski definition) is 1. The molecule has 0 aromatic heterocycles. The molecule has 0 bridgehead atoms. The number of fused-ring (bicyclic) bond motifs is 1. The molecule has 22 heavy (non-hydrogen) atoms. The van der Waals surface area contributed by atoms with E-state index >= 15 is 0 Å². The summed E-state index contributed by atoms with van der Waals surface area (Å²) >= 11 is 1.41. The average molecular weight is 317 g/mol. The maximum atomic E-state index is 12.3. The Morgan fingerprint density at radius 1 is 1.45 bits per heavy atom. The second-order valence-corrected chi connectivity index (χ2v) is 6.78. The van der Waals surface area contributed by atoms with E-state index in [1.165, 1.54) is 11.8 Å². The third-order valence-corrected chi connectivity index (χ3v) is 5.27. The molecule has 1 atom stereocenters. The van der Waals surface area contributed by atoms with Crippen molar-refractivity contribution in [2.24, 2.45) is 4.99 Å². The molecule has 1 unspecified atom stereocenters. The molecule has 0 spiro atoms. The van der Waals surface area contributed by atoms with Crippen molar-refractivity contribution in [1.29, 1.82) is 0 Å². The van der Waals surface area contributed by atoms with Gasteiger partial charge in [0.1, 0.15) is 5.25 Å². The van der Waals surface area contributed by atoms with Crippen LogP contribution in [-0.4, -0.2) is 40.2 Å². The van der Waals surface area contributed by atoms with Gasteiger partial charge in [-0.2, -0.15) is 0 Å². The van der Waals surface area contributed by atoms with Gasteiger partial charge in [-0.1, -0.05) is 23.9 Å². The van der Waals surface area contributed by atoms with Gasteiger partial charge >= 0.3 is 0 Å². The minimum absolute atomic E-state index is 0.0135. The minimum atomic E-state index is -0.345. The van der Waals surface area contributed by atoms with Gasteiger partial charge in [-0.25, -0.2) is 0 Å². The summed E-state index contributed by atoms with van der Waals surface area (Å²) in [6.45, 7) is 5.49. The van der Waals surface area contributed by atoms with Crippen LogP contribution in [0.5, 0.6) is 0 Å². The van der Waals surface area contributed by atoms with Gasteiger partial charge in [0.25, 0.3) is 0 Å². The van der Waals surface area contributed by atoms with E-state index in [-0.39, 0.29) is 23.5 Å². The fraction of sp³-hybridized carbons (Fsp3) is 0.438. The van der Waals surface area contributed by atoms with Crippen LogP contribution in [0.25, 0.3) is 0 Å². The molecule has 116 valence electrons. The standard InChI is InChI=1S/C16H19N3O2S/c1-10-5-3-6-12(11(10)2)18-14(20)9-13-15(21)19-8-4-7-17-16(19)22-13/h3,5-6,13H,4,7-9H2,1-2H3,(H,18,20). The Hall–Kier alpha value is -1.82. The third-order valence-electron chi connectivity index (χ3n) is 4.06. The second kappa shape index (κ2) is 6.12. The predicted octanol–water partition coefficient (Wildman–Crippen LogP) is 2.34. The van der Waals surface area contributed by atoms with Crippen LogP contribution in [0.1, 0.15) is 24.0 Å². The highest BCUT2D eigenvalue weighted by atomic mass is 32.2. The van der Waals surface area contributed by atoms with Crippen LogP contribution in [-0.2, 0) is 9.59 Å². The van der Waals surface area contributed by atoms with Gasteiger partial charge in [-0.05, 0) is 37.5 Å². The lowest BCUT2D eigenvalue weighted by Crippen LogP contribution is -2.36. The van der Waals surface area contributed by atoms with Crippen molar-refractivity contribution in [3.63, 3.8) is 0 Å². The summed E-state index contributed by atoms with van der Waals surface area (Å²) in [6.07, 6.45) is 1.09. The molecular formula is C16H19N3O2S. The molecule has 0 saturated carbocycles. The van der Waals surface area contributed by atoms with Crippen LogP contribution >= 0.6 is 11.8 Å². The van der Waals surface area contributed by atoms with E-state index in [0.29, 0.717) is 0 Å². The van der Waals surface area contributed by atoms with E-state index < -0.39 is 0 Å². The molecule has 2 aliphatic heterocycles. The third kappa shape index (κ3) is 2.88. The summed E-state index contributed by atoms with van der Waals surface area (Å²) in [5.41, 5.74) is 3.01. The van der Waals surface area contributed by atoms with Crippen molar-refractivity contribution in [2.45, 2.75) is 31.9 Å². The number of amidine groups is 1. The zero-order chi connectivity index (χ0) is 15.7. The molecule has 2 heterocycles. The largest absolute Gasteiger partial charge is 0.326 e. The number of amides is 2. The summed E-state index contributed by atoms with van der Waals surface area (Å²) in [5.74, 6) is -0.112. The normalized spacial score (nSPS) is 20.6. The fourth-order valence-electron chi connectivity index (χ4n) is 2.63. The van der Waals surface area contributed by atoms with Gasteiger partial charge < -0.3 is 5.32 Å². The van der Waals surface area contributed by atoms with Gasteiger partial charge in [-0.3, -0.25) is 19.5 Å². The first-order valence-electron chi connectivity index (χ1n) is 7.45. The lowest BCUT2D eigenvalue weighted by molar-refractivity contribution is -0.128. The molecule has 1 aromatic carbocycles. The molecule has 5 nitrogen and oxygen atoms in total. The number of nitrogens with zero attached hydrogens (tertiary/aromatic N) is 2. The molecule has 2 amide bonds. The highest BCUT2D eigenvalue weighted by Gasteiger charge is 2.39. The monoisotopic (exact) mass is 317 g/mol. The van der Waals surface area contributed by atoms with Crippen LogP contribution in [0.15, 0.2) is 23.2 Å². The van der Waals surface area contributed by atoms with Crippen molar-refractivity contribution in [3.05, 3.63) is 29.3 Å². The zero-order valence-corrected chi connectivity index (χ0v) is 13.6. The van der Waals surface area contributed by atoms with E-state index in [2.05, 4.69) is 10.3 Å². The number of aliphatic imine (C=N–C) groups is 1. The highest BCUT2D eigenvalue weighted by Crippen LogP contribution is 2.31. The van der Waals surface area contributed by atoms with Crippen molar-refractivity contribution < 1.29 is 9.59 Å². The van der Waals surface area contributed by atoms with Crippen LogP contribution < -0.4 is 5.32 Å². The van der Waals surface area contributed by atoms with E-state index in [1.54, 1.807) is 4.90 Å². The SMILES string of the molecule is Cc1cccc(NC(=O)CC2SC3=NCCCN3C2=O)c1C. The lowest BCUT2D eigenvalue weighted by atomic mass is 10.1. The molecule has 0 aliphatic carbocycles. The van der Waals surface area contributed by atoms with Crippen LogP contribution in [0, 0.1) is 13.8 Å². The first-order chi connectivity index (χ1) is 10.6. The quantitative estimate of drug-likeness (QED) is 0.931. The van der Waals surface area contributed by atoms with Gasteiger partial charge in [0.2, 0.25) is 11.8 Å². The van der Waals surface area contributed by atoms with Gasteiger partial charge in [-0.15, -0.1) is 0 Å².